The Morgan fingerprint density at radius 2 is 1.42 bits per heavy atom. The highest BCUT2D eigenvalue weighted by Crippen LogP contribution is 2.38. The molecule has 0 saturated carbocycles. The molecule has 0 fully saturated rings. The van der Waals surface area contributed by atoms with E-state index in [1.165, 1.54) is 21.5 Å². The van der Waals surface area contributed by atoms with Gasteiger partial charge in [0.05, 0.1) is 5.52 Å². The lowest BCUT2D eigenvalue weighted by Crippen LogP contribution is -1.73. The third-order valence-corrected chi connectivity index (χ3v) is 5.00. The average molecular weight is 307 g/mol. The van der Waals surface area contributed by atoms with Crippen molar-refractivity contribution in [2.45, 2.75) is 0 Å². The minimum absolute atomic E-state index is 0.934. The summed E-state index contributed by atoms with van der Waals surface area (Å²) < 4.78 is 6.18. The summed E-state index contributed by atoms with van der Waals surface area (Å²) in [5.41, 5.74) is 4.10. The number of aromatic amines is 1. The molecule has 2 heterocycles. The smallest absolute Gasteiger partial charge is 0.159 e. The number of benzene rings is 4. The number of nitrogens with one attached hydrogen (secondary N) is 1. The molecule has 0 radical (unpaired) electrons. The average Bonchev–Trinajstić information content (AvgIpc) is 3.20. The van der Waals surface area contributed by atoms with Crippen LogP contribution < -0.4 is 0 Å². The first-order chi connectivity index (χ1) is 11.9. The first kappa shape index (κ1) is 12.2. The number of hydrogen-bond acceptors (Lipinski definition) is 1. The number of aromatic nitrogens is 1. The number of fused-ring (bicyclic) bond motifs is 9. The van der Waals surface area contributed by atoms with Crippen LogP contribution in [0.5, 0.6) is 0 Å². The normalized spacial score (nSPS) is 12.2. The van der Waals surface area contributed by atoms with Gasteiger partial charge >= 0.3 is 0 Å². The molecular formula is C22H13NO. The Labute approximate surface area is 137 Å². The van der Waals surface area contributed by atoms with Crippen LogP contribution in [-0.4, -0.2) is 4.98 Å². The standard InChI is InChI=1S/C22H13NO/c1-2-6-14-13(5-1)9-12-18-20(14)17-11-10-16-15-7-3-4-8-19(15)24-22(16)21(17)23-18/h1-12,23H. The molecule has 0 aliphatic rings. The Kier molecular flexibility index (Phi) is 2.12. The summed E-state index contributed by atoms with van der Waals surface area (Å²) in [7, 11) is 0. The van der Waals surface area contributed by atoms with Crippen molar-refractivity contribution in [1.82, 2.24) is 4.98 Å². The van der Waals surface area contributed by atoms with Crippen LogP contribution >= 0.6 is 0 Å². The molecule has 2 aromatic heterocycles. The van der Waals surface area contributed by atoms with Crippen molar-refractivity contribution in [3.8, 4) is 0 Å². The largest absolute Gasteiger partial charge is 0.454 e. The van der Waals surface area contributed by atoms with Crippen molar-refractivity contribution in [2.75, 3.05) is 0 Å². The zero-order chi connectivity index (χ0) is 15.7. The zero-order valence-electron chi connectivity index (χ0n) is 12.8. The Balaban J connectivity index is 1.90. The lowest BCUT2D eigenvalue weighted by atomic mass is 10.0. The molecule has 0 saturated heterocycles. The molecule has 0 atom stereocenters. The number of rotatable bonds is 0. The molecule has 0 bridgehead atoms. The first-order valence-corrected chi connectivity index (χ1v) is 8.13. The molecule has 112 valence electrons. The zero-order valence-corrected chi connectivity index (χ0v) is 12.8. The molecule has 6 rings (SSSR count). The summed E-state index contributed by atoms with van der Waals surface area (Å²) in [5.74, 6) is 0. The molecule has 0 unspecified atom stereocenters. The van der Waals surface area contributed by atoms with Crippen molar-refractivity contribution in [3.63, 3.8) is 0 Å². The maximum absolute atomic E-state index is 6.18. The Hall–Kier alpha value is -3.26. The summed E-state index contributed by atoms with van der Waals surface area (Å²) in [6.07, 6.45) is 0. The topological polar surface area (TPSA) is 28.9 Å². The fourth-order valence-corrected chi connectivity index (χ4v) is 3.92. The number of hydrogen-bond donors (Lipinski definition) is 1. The van der Waals surface area contributed by atoms with Crippen LogP contribution in [0.2, 0.25) is 0 Å². The fraction of sp³-hybridized carbons (Fsp3) is 0. The third-order valence-electron chi connectivity index (χ3n) is 5.00. The maximum atomic E-state index is 6.18. The van der Waals surface area contributed by atoms with E-state index in [9.17, 15) is 0 Å². The second-order valence-corrected chi connectivity index (χ2v) is 6.30. The van der Waals surface area contributed by atoms with E-state index in [0.717, 1.165) is 33.0 Å². The van der Waals surface area contributed by atoms with Gasteiger partial charge in [0.2, 0.25) is 0 Å². The van der Waals surface area contributed by atoms with Gasteiger partial charge in [-0.3, -0.25) is 0 Å². The lowest BCUT2D eigenvalue weighted by Gasteiger charge is -1.99. The number of H-pyrrole nitrogens is 1. The molecule has 0 aliphatic carbocycles. The van der Waals surface area contributed by atoms with Gasteiger partial charge in [0.15, 0.2) is 5.58 Å². The Morgan fingerprint density at radius 1 is 0.625 bits per heavy atom. The monoisotopic (exact) mass is 307 g/mol. The fourth-order valence-electron chi connectivity index (χ4n) is 3.92. The van der Waals surface area contributed by atoms with E-state index in [0.29, 0.717) is 0 Å². The van der Waals surface area contributed by atoms with Crippen LogP contribution in [0.15, 0.2) is 77.2 Å². The molecule has 24 heavy (non-hydrogen) atoms. The van der Waals surface area contributed by atoms with Gasteiger partial charge in [0.25, 0.3) is 0 Å². The predicted molar refractivity (Wildman–Crippen MR) is 101 cm³/mol. The SMILES string of the molecule is c1ccc2c(c1)ccc1[nH]c3c(ccc4c5ccccc5oc43)c12. The highest BCUT2D eigenvalue weighted by molar-refractivity contribution is 6.25. The van der Waals surface area contributed by atoms with Gasteiger partial charge in [-0.1, -0.05) is 54.6 Å². The first-order valence-electron chi connectivity index (χ1n) is 8.13. The van der Waals surface area contributed by atoms with E-state index < -0.39 is 0 Å². The second kappa shape index (κ2) is 4.18. The lowest BCUT2D eigenvalue weighted by molar-refractivity contribution is 0.672. The van der Waals surface area contributed by atoms with Crippen molar-refractivity contribution < 1.29 is 4.42 Å². The highest BCUT2D eigenvalue weighted by Gasteiger charge is 2.14. The van der Waals surface area contributed by atoms with Crippen LogP contribution in [0.3, 0.4) is 0 Å². The summed E-state index contributed by atoms with van der Waals surface area (Å²) in [4.78, 5) is 3.58. The summed E-state index contributed by atoms with van der Waals surface area (Å²) in [6.45, 7) is 0. The van der Waals surface area contributed by atoms with E-state index in [4.69, 9.17) is 4.42 Å². The second-order valence-electron chi connectivity index (χ2n) is 6.30. The van der Waals surface area contributed by atoms with Gasteiger partial charge in [0.1, 0.15) is 5.58 Å². The molecule has 2 heteroatoms. The van der Waals surface area contributed by atoms with Gasteiger partial charge in [0, 0.05) is 27.1 Å². The van der Waals surface area contributed by atoms with Gasteiger partial charge in [-0.15, -0.1) is 0 Å². The number of para-hydroxylation sites is 1. The van der Waals surface area contributed by atoms with Crippen LogP contribution in [0.1, 0.15) is 0 Å². The summed E-state index contributed by atoms with van der Waals surface area (Å²) in [5, 5.41) is 7.35. The van der Waals surface area contributed by atoms with Crippen LogP contribution in [0.25, 0.3) is 54.5 Å². The summed E-state index contributed by atoms with van der Waals surface area (Å²) >= 11 is 0. The molecule has 0 amide bonds. The molecular weight excluding hydrogens is 294 g/mol. The minimum atomic E-state index is 0.934. The highest BCUT2D eigenvalue weighted by atomic mass is 16.3. The van der Waals surface area contributed by atoms with E-state index in [2.05, 4.69) is 65.6 Å². The quantitative estimate of drug-likeness (QED) is 0.347. The molecule has 6 aromatic rings. The molecule has 1 N–H and O–H groups in total. The van der Waals surface area contributed by atoms with Gasteiger partial charge in [-0.2, -0.15) is 0 Å². The third kappa shape index (κ3) is 1.41. The van der Waals surface area contributed by atoms with E-state index in [1.54, 1.807) is 0 Å². The van der Waals surface area contributed by atoms with Crippen molar-refractivity contribution in [2.24, 2.45) is 0 Å². The molecule has 2 nitrogen and oxygen atoms in total. The minimum Gasteiger partial charge on any atom is -0.454 e. The predicted octanol–water partition coefficient (Wildman–Crippen LogP) is 6.37. The van der Waals surface area contributed by atoms with Gasteiger partial charge in [-0.25, -0.2) is 0 Å². The summed E-state index contributed by atoms with van der Waals surface area (Å²) in [6, 6.07) is 25.5. The van der Waals surface area contributed by atoms with Crippen LogP contribution in [0.4, 0.5) is 0 Å². The van der Waals surface area contributed by atoms with Gasteiger partial charge < -0.3 is 9.40 Å². The van der Waals surface area contributed by atoms with E-state index >= 15 is 0 Å². The van der Waals surface area contributed by atoms with Crippen molar-refractivity contribution in [1.29, 1.82) is 0 Å². The van der Waals surface area contributed by atoms with Crippen LogP contribution in [0, 0.1) is 0 Å². The Morgan fingerprint density at radius 3 is 2.38 bits per heavy atom. The van der Waals surface area contributed by atoms with Crippen molar-refractivity contribution in [3.05, 3.63) is 72.8 Å². The van der Waals surface area contributed by atoms with E-state index in [1.807, 2.05) is 12.1 Å². The molecule has 4 aromatic carbocycles. The van der Waals surface area contributed by atoms with Crippen molar-refractivity contribution >= 4 is 54.5 Å². The van der Waals surface area contributed by atoms with Crippen LogP contribution in [-0.2, 0) is 0 Å². The van der Waals surface area contributed by atoms with Gasteiger partial charge in [-0.05, 0) is 29.0 Å². The Bertz CT molecular complexity index is 1400. The molecule has 0 spiro atoms. The number of furan rings is 1. The van der Waals surface area contributed by atoms with E-state index in [-0.39, 0.29) is 0 Å². The molecule has 0 aliphatic heterocycles. The maximum Gasteiger partial charge on any atom is 0.159 e.